The third-order valence-corrected chi connectivity index (χ3v) is 3.85. The van der Waals surface area contributed by atoms with E-state index in [1.807, 2.05) is 0 Å². The lowest BCUT2D eigenvalue weighted by atomic mass is 10.0. The van der Waals surface area contributed by atoms with E-state index in [1.165, 1.54) is 0 Å². The number of carboxylic acids is 2. The summed E-state index contributed by atoms with van der Waals surface area (Å²) in [7, 11) is 0. The van der Waals surface area contributed by atoms with Crippen LogP contribution in [0.25, 0.3) is 5.57 Å². The predicted molar refractivity (Wildman–Crippen MR) is 96.1 cm³/mol. The van der Waals surface area contributed by atoms with E-state index in [4.69, 9.17) is 27.3 Å². The van der Waals surface area contributed by atoms with Crippen molar-refractivity contribution in [2.45, 2.75) is 6.18 Å². The Kier molecular flexibility index (Phi) is 6.52. The average molecular weight is 446 g/mol. The molecule has 0 amide bonds. The van der Waals surface area contributed by atoms with Gasteiger partial charge in [-0.2, -0.15) is 19.0 Å². The monoisotopic (exact) mass is 445 g/mol. The first kappa shape index (κ1) is 22.5. The van der Waals surface area contributed by atoms with Crippen LogP contribution in [0.4, 0.5) is 18.9 Å². The maximum absolute atomic E-state index is 12.7. The summed E-state index contributed by atoms with van der Waals surface area (Å²) in [5, 5.41) is 32.4. The van der Waals surface area contributed by atoms with E-state index in [1.54, 1.807) is 0 Å². The quantitative estimate of drug-likeness (QED) is 0.198. The molecular weight excluding hydrogens is 435 g/mol. The van der Waals surface area contributed by atoms with Crippen LogP contribution in [-0.4, -0.2) is 27.0 Å². The molecule has 4 N–H and O–H groups in total. The van der Waals surface area contributed by atoms with Gasteiger partial charge in [0.15, 0.2) is 5.69 Å². The van der Waals surface area contributed by atoms with Gasteiger partial charge in [0.25, 0.3) is 0 Å². The van der Waals surface area contributed by atoms with Crippen molar-refractivity contribution >= 4 is 34.8 Å². The fourth-order valence-electron chi connectivity index (χ4n) is 2.29. The highest BCUT2D eigenvalue weighted by Crippen LogP contribution is 2.38. The number of halogens is 4. The van der Waals surface area contributed by atoms with E-state index in [9.17, 15) is 33.1 Å². The van der Waals surface area contributed by atoms with Gasteiger partial charge in [-0.25, -0.2) is 9.59 Å². The van der Waals surface area contributed by atoms with Crippen molar-refractivity contribution in [3.05, 3.63) is 63.8 Å². The Morgan fingerprint density at radius 2 is 1.87 bits per heavy atom. The summed E-state index contributed by atoms with van der Waals surface area (Å²) in [5.41, 5.74) is -2.65. The third kappa shape index (κ3) is 5.17. The van der Waals surface area contributed by atoms with Crippen molar-refractivity contribution in [2.24, 2.45) is 11.1 Å². The van der Waals surface area contributed by atoms with Crippen molar-refractivity contribution in [3.63, 3.8) is 0 Å². The van der Waals surface area contributed by atoms with E-state index >= 15 is 0 Å². The highest BCUT2D eigenvalue weighted by atomic mass is 35.5. The summed E-state index contributed by atoms with van der Waals surface area (Å²) in [5.74, 6) is 1.24. The Morgan fingerprint density at radius 1 is 1.20 bits per heavy atom. The molecule has 0 unspecified atom stereocenters. The highest BCUT2D eigenvalue weighted by molar-refractivity contribution is 6.32. The molecule has 2 aromatic rings. The largest absolute Gasteiger partial charge is 0.691 e. The molecule has 0 aliphatic carbocycles. The molecule has 9 nitrogen and oxygen atoms in total. The molecule has 0 fully saturated rings. The molecule has 0 aliphatic heterocycles. The zero-order chi connectivity index (χ0) is 22.6. The summed E-state index contributed by atoms with van der Waals surface area (Å²) in [6.45, 7) is 0. The maximum Gasteiger partial charge on any atom is 0.416 e. The Morgan fingerprint density at radius 3 is 2.37 bits per heavy atom. The van der Waals surface area contributed by atoms with Crippen molar-refractivity contribution in [3.8, 4) is 11.5 Å². The predicted octanol–water partition coefficient (Wildman–Crippen LogP) is 4.17. The number of nitrogens with zero attached hydrogens (tertiary/aromatic N) is 2. The second-order valence-electron chi connectivity index (χ2n) is 5.51. The lowest BCUT2D eigenvalue weighted by Gasteiger charge is -2.14. The van der Waals surface area contributed by atoms with E-state index in [-0.39, 0.29) is 16.4 Å². The molecule has 0 radical (unpaired) electrons. The van der Waals surface area contributed by atoms with E-state index in [2.05, 4.69) is 5.22 Å². The molecule has 2 rings (SSSR count). The van der Waals surface area contributed by atoms with Crippen molar-refractivity contribution in [2.75, 3.05) is 0 Å². The van der Waals surface area contributed by atoms with Gasteiger partial charge in [-0.15, -0.1) is 4.86 Å². The maximum atomic E-state index is 12.7. The van der Waals surface area contributed by atoms with Crippen LogP contribution in [0.5, 0.6) is 11.5 Å². The topological polar surface area (TPSA) is 148 Å². The third-order valence-electron chi connectivity index (χ3n) is 3.55. The van der Waals surface area contributed by atoms with Gasteiger partial charge < -0.3 is 20.2 Å². The Balaban J connectivity index is 2.56. The van der Waals surface area contributed by atoms with Crippen molar-refractivity contribution in [1.82, 2.24) is 0 Å². The number of hydrogen-bond acceptors (Lipinski definition) is 5. The minimum atomic E-state index is -4.63. The van der Waals surface area contributed by atoms with Crippen LogP contribution >= 0.6 is 11.6 Å². The normalized spacial score (nSPS) is 12.5. The second-order valence-corrected chi connectivity index (χ2v) is 5.92. The summed E-state index contributed by atoms with van der Waals surface area (Å²) in [6.07, 6.45) is -4.29. The SMILES string of the molecule is N/N=[N+](\[O-])c1ccc(Oc2ccc(C(F)(F)F)cc2Cl)cc1/C(=C/C(=O)O)C(=O)O. The molecule has 0 bridgehead atoms. The van der Waals surface area contributed by atoms with E-state index in [0.29, 0.717) is 12.1 Å². The van der Waals surface area contributed by atoms with Crippen molar-refractivity contribution in [1.29, 1.82) is 0 Å². The fourth-order valence-corrected chi connectivity index (χ4v) is 2.51. The number of alkyl halides is 3. The van der Waals surface area contributed by atoms with Gasteiger partial charge in [-0.1, -0.05) is 11.6 Å². The van der Waals surface area contributed by atoms with Crippen LogP contribution in [0, 0.1) is 5.21 Å². The lowest BCUT2D eigenvalue weighted by molar-refractivity contribution is -0.443. The van der Waals surface area contributed by atoms with Crippen LogP contribution in [0.3, 0.4) is 0 Å². The van der Waals surface area contributed by atoms with Gasteiger partial charge in [0.2, 0.25) is 0 Å². The van der Waals surface area contributed by atoms with Gasteiger partial charge >= 0.3 is 18.1 Å². The Hall–Kier alpha value is -3.80. The molecule has 0 spiro atoms. The highest BCUT2D eigenvalue weighted by Gasteiger charge is 2.31. The van der Waals surface area contributed by atoms with Crippen LogP contribution in [-0.2, 0) is 15.8 Å². The number of carboxylic acid groups (broad SMARTS) is 2. The summed E-state index contributed by atoms with van der Waals surface area (Å²) in [6, 6.07) is 5.46. The molecular formula is C17H11ClF3N3O6. The number of ether oxygens (including phenoxy) is 1. The number of benzene rings is 2. The zero-order valence-electron chi connectivity index (χ0n) is 14.6. The Labute approximate surface area is 170 Å². The molecule has 158 valence electrons. The molecule has 0 aliphatic rings. The first-order chi connectivity index (χ1) is 13.9. The van der Waals surface area contributed by atoms with E-state index < -0.39 is 45.5 Å². The van der Waals surface area contributed by atoms with Gasteiger partial charge in [-0.3, -0.25) is 0 Å². The van der Waals surface area contributed by atoms with Gasteiger partial charge in [-0.05, 0) is 36.4 Å². The van der Waals surface area contributed by atoms with Crippen LogP contribution < -0.4 is 10.6 Å². The second kappa shape index (κ2) is 8.69. The Bertz CT molecular complexity index is 1070. The number of aliphatic carboxylic acids is 2. The number of hydrogen-bond donors (Lipinski definition) is 3. The van der Waals surface area contributed by atoms with Crippen LogP contribution in [0.1, 0.15) is 11.1 Å². The lowest BCUT2D eigenvalue weighted by Crippen LogP contribution is -2.07. The minimum absolute atomic E-state index is 0.150. The number of rotatable bonds is 6. The molecule has 0 atom stereocenters. The van der Waals surface area contributed by atoms with E-state index in [0.717, 1.165) is 30.3 Å². The van der Waals surface area contributed by atoms with Crippen molar-refractivity contribution < 1.29 is 42.6 Å². The van der Waals surface area contributed by atoms with Crippen LogP contribution in [0.2, 0.25) is 5.02 Å². The van der Waals surface area contributed by atoms with Gasteiger partial charge in [0.05, 0.1) is 21.4 Å². The first-order valence-corrected chi connectivity index (χ1v) is 8.07. The minimum Gasteiger partial charge on any atom is -0.691 e. The molecule has 0 saturated carbocycles. The smallest absolute Gasteiger partial charge is 0.416 e. The first-order valence-electron chi connectivity index (χ1n) is 7.69. The summed E-state index contributed by atoms with van der Waals surface area (Å²) >= 11 is 5.81. The summed E-state index contributed by atoms with van der Waals surface area (Å²) < 4.78 is 43.6. The average Bonchev–Trinajstić information content (AvgIpc) is 2.65. The molecule has 13 heteroatoms. The van der Waals surface area contributed by atoms with Crippen LogP contribution in [0.15, 0.2) is 47.7 Å². The fraction of sp³-hybridized carbons (Fsp3) is 0.0588. The zero-order valence-corrected chi connectivity index (χ0v) is 15.3. The molecule has 2 aromatic carbocycles. The number of nitrogens with two attached hydrogens (primary N) is 1. The molecule has 0 saturated heterocycles. The molecule has 0 aromatic heterocycles. The van der Waals surface area contributed by atoms with Gasteiger partial charge in [0, 0.05) is 11.6 Å². The standard InChI is InChI=1S/C17H11ClF3N3O6/c18-12-5-8(17(19,20)21)1-4-14(12)30-9-2-3-13(24(29)23-22)10(6-9)11(16(27)28)7-15(25)26/h1-7H,22H2,(H,25,26)(H,27,28)/b11-7-,24-23-. The molecule has 30 heavy (non-hydrogen) atoms. The molecule has 0 heterocycles. The number of carbonyl (C=O) groups is 2. The summed E-state index contributed by atoms with van der Waals surface area (Å²) in [4.78, 5) is 22.3. The van der Waals surface area contributed by atoms with Gasteiger partial charge in [0.1, 0.15) is 11.5 Å².